The summed E-state index contributed by atoms with van der Waals surface area (Å²) in [5, 5.41) is 23.1. The summed E-state index contributed by atoms with van der Waals surface area (Å²) in [7, 11) is 1.74. The van der Waals surface area contributed by atoms with E-state index >= 15 is 0 Å². The average Bonchev–Trinajstić information content (AvgIpc) is 2.59. The number of rotatable bonds is 10. The van der Waals surface area contributed by atoms with E-state index in [-0.39, 0.29) is 12.2 Å². The van der Waals surface area contributed by atoms with E-state index in [1.54, 1.807) is 23.3 Å². The van der Waals surface area contributed by atoms with Crippen LogP contribution in [0.1, 0.15) is 19.8 Å². The molecule has 0 aliphatic carbocycles. The standard InChI is InChI=1S/C19H27F3N4O2/c1-4-15(19(20,21)22)8-6-7-10-23-24-11-9-17(27)12-16-13-18(28)14-25(3)26(16)5-2/h4-6,8-9,11,13-14,17,23-24,27-28H,2,7,10,12H2,1,3H3/b8-6-,11-9+,15-4+. The summed E-state index contributed by atoms with van der Waals surface area (Å²) in [5.74, 6) is 0.0752. The molecular weight excluding hydrogens is 373 g/mol. The summed E-state index contributed by atoms with van der Waals surface area (Å²) < 4.78 is 37.6. The molecule has 6 nitrogen and oxygen atoms in total. The van der Waals surface area contributed by atoms with Gasteiger partial charge in [-0.1, -0.05) is 24.8 Å². The second-order valence-electron chi connectivity index (χ2n) is 5.92. The van der Waals surface area contributed by atoms with Crippen LogP contribution < -0.4 is 10.9 Å². The van der Waals surface area contributed by atoms with E-state index in [4.69, 9.17) is 0 Å². The van der Waals surface area contributed by atoms with Crippen LogP contribution in [0.3, 0.4) is 0 Å². The number of aliphatic hydroxyl groups is 2. The van der Waals surface area contributed by atoms with Crippen LogP contribution in [0.4, 0.5) is 13.2 Å². The van der Waals surface area contributed by atoms with Gasteiger partial charge in [-0.3, -0.25) is 10.0 Å². The van der Waals surface area contributed by atoms with E-state index in [0.29, 0.717) is 18.7 Å². The maximum atomic E-state index is 12.5. The van der Waals surface area contributed by atoms with Crippen LogP contribution in [0, 0.1) is 0 Å². The molecule has 1 aliphatic rings. The highest BCUT2D eigenvalue weighted by Gasteiger charge is 2.30. The van der Waals surface area contributed by atoms with E-state index in [2.05, 4.69) is 17.4 Å². The van der Waals surface area contributed by atoms with Gasteiger partial charge in [0.15, 0.2) is 0 Å². The Kier molecular flexibility index (Phi) is 9.40. The topological polar surface area (TPSA) is 71.0 Å². The van der Waals surface area contributed by atoms with Gasteiger partial charge in [-0.15, -0.1) is 0 Å². The molecule has 1 rings (SSSR count). The Morgan fingerprint density at radius 2 is 2.11 bits per heavy atom. The van der Waals surface area contributed by atoms with E-state index in [0.717, 1.165) is 12.2 Å². The molecule has 0 amide bonds. The molecule has 0 spiro atoms. The molecule has 0 aromatic rings. The number of alkyl halides is 3. The first-order valence-corrected chi connectivity index (χ1v) is 8.68. The van der Waals surface area contributed by atoms with Crippen LogP contribution in [0.25, 0.3) is 0 Å². The van der Waals surface area contributed by atoms with Gasteiger partial charge in [-0.25, -0.2) is 5.43 Å². The van der Waals surface area contributed by atoms with Crippen molar-refractivity contribution in [1.82, 2.24) is 20.9 Å². The fourth-order valence-corrected chi connectivity index (χ4v) is 2.42. The van der Waals surface area contributed by atoms with Gasteiger partial charge in [0.1, 0.15) is 5.76 Å². The zero-order valence-electron chi connectivity index (χ0n) is 15.9. The molecule has 28 heavy (non-hydrogen) atoms. The molecule has 0 radical (unpaired) electrons. The van der Waals surface area contributed by atoms with Crippen LogP contribution in [0.2, 0.25) is 0 Å². The lowest BCUT2D eigenvalue weighted by molar-refractivity contribution is -0.0883. The molecule has 0 aromatic heterocycles. The van der Waals surface area contributed by atoms with Gasteiger partial charge in [0.25, 0.3) is 0 Å². The van der Waals surface area contributed by atoms with E-state index in [1.165, 1.54) is 37.6 Å². The molecule has 0 aromatic carbocycles. The molecule has 4 N–H and O–H groups in total. The number of nitrogens with zero attached hydrogens (tertiary/aromatic N) is 2. The van der Waals surface area contributed by atoms with E-state index in [9.17, 15) is 23.4 Å². The maximum absolute atomic E-state index is 12.5. The van der Waals surface area contributed by atoms with Gasteiger partial charge in [-0.05, 0) is 19.4 Å². The highest BCUT2D eigenvalue weighted by Crippen LogP contribution is 2.26. The molecule has 1 unspecified atom stereocenters. The largest absolute Gasteiger partial charge is 0.506 e. The van der Waals surface area contributed by atoms with Crippen molar-refractivity contribution in [1.29, 1.82) is 0 Å². The van der Waals surface area contributed by atoms with E-state index in [1.807, 2.05) is 0 Å². The van der Waals surface area contributed by atoms with Crippen molar-refractivity contribution in [3.05, 3.63) is 72.6 Å². The minimum Gasteiger partial charge on any atom is -0.506 e. The predicted octanol–water partition coefficient (Wildman–Crippen LogP) is 3.39. The first-order chi connectivity index (χ1) is 13.2. The molecule has 1 heterocycles. The predicted molar refractivity (Wildman–Crippen MR) is 103 cm³/mol. The SMILES string of the molecule is C=CN1C(CC(O)/C=C/NNCC/C=C\C(=C/C)C(F)(F)F)=CC(O)=CN1C. The lowest BCUT2D eigenvalue weighted by atomic mass is 10.1. The molecule has 0 saturated carbocycles. The Labute approximate surface area is 163 Å². The minimum absolute atomic E-state index is 0.0752. The third-order valence-electron chi connectivity index (χ3n) is 3.73. The van der Waals surface area contributed by atoms with Crippen molar-refractivity contribution >= 4 is 0 Å². The smallest absolute Gasteiger partial charge is 0.416 e. The van der Waals surface area contributed by atoms with Gasteiger partial charge in [-0.2, -0.15) is 13.2 Å². The second-order valence-corrected chi connectivity index (χ2v) is 5.92. The molecule has 9 heteroatoms. The molecule has 0 bridgehead atoms. The Morgan fingerprint density at radius 3 is 2.71 bits per heavy atom. The lowest BCUT2D eigenvalue weighted by Gasteiger charge is -2.34. The van der Waals surface area contributed by atoms with Crippen LogP contribution in [-0.4, -0.2) is 46.1 Å². The Bertz CT molecular complexity index is 667. The Morgan fingerprint density at radius 1 is 1.39 bits per heavy atom. The summed E-state index contributed by atoms with van der Waals surface area (Å²) >= 11 is 0. The zero-order valence-corrected chi connectivity index (χ0v) is 15.9. The van der Waals surface area contributed by atoms with Gasteiger partial charge >= 0.3 is 6.18 Å². The van der Waals surface area contributed by atoms with Crippen molar-refractivity contribution in [3.8, 4) is 0 Å². The van der Waals surface area contributed by atoms with Crippen molar-refractivity contribution in [2.75, 3.05) is 13.6 Å². The second kappa shape index (κ2) is 11.3. The third kappa shape index (κ3) is 7.93. The summed E-state index contributed by atoms with van der Waals surface area (Å²) in [5.41, 5.74) is 5.54. The molecule has 0 saturated heterocycles. The molecule has 0 fully saturated rings. The quantitative estimate of drug-likeness (QED) is 0.256. The van der Waals surface area contributed by atoms with Gasteiger partial charge in [0.2, 0.25) is 0 Å². The summed E-state index contributed by atoms with van der Waals surface area (Å²) in [6.45, 7) is 5.45. The highest BCUT2D eigenvalue weighted by atomic mass is 19.4. The van der Waals surface area contributed by atoms with Gasteiger partial charge < -0.3 is 15.6 Å². The highest BCUT2D eigenvalue weighted by molar-refractivity contribution is 5.23. The maximum Gasteiger partial charge on any atom is 0.416 e. The van der Waals surface area contributed by atoms with Gasteiger partial charge in [0, 0.05) is 44.2 Å². The number of halogens is 3. The van der Waals surface area contributed by atoms with E-state index < -0.39 is 17.9 Å². The van der Waals surface area contributed by atoms with Crippen molar-refractivity contribution in [3.63, 3.8) is 0 Å². The average molecular weight is 400 g/mol. The normalized spacial score (nSPS) is 17.1. The van der Waals surface area contributed by atoms with Crippen molar-refractivity contribution < 1.29 is 23.4 Å². The van der Waals surface area contributed by atoms with Gasteiger partial charge in [0.05, 0.1) is 17.9 Å². The summed E-state index contributed by atoms with van der Waals surface area (Å²) in [6.07, 6.45) is 6.64. The molecule has 1 aliphatic heterocycles. The zero-order chi connectivity index (χ0) is 21.2. The Hall–Kier alpha value is -2.65. The third-order valence-corrected chi connectivity index (χ3v) is 3.73. The molecule has 1 atom stereocenters. The van der Waals surface area contributed by atoms with Crippen LogP contribution in [-0.2, 0) is 0 Å². The van der Waals surface area contributed by atoms with Crippen molar-refractivity contribution in [2.24, 2.45) is 0 Å². The number of hydrogen-bond donors (Lipinski definition) is 4. The first-order valence-electron chi connectivity index (χ1n) is 8.68. The first kappa shape index (κ1) is 23.4. The summed E-state index contributed by atoms with van der Waals surface area (Å²) in [4.78, 5) is 0. The minimum atomic E-state index is -4.34. The number of aliphatic hydroxyl groups excluding tert-OH is 2. The molecular formula is C19H27F3N4O2. The monoisotopic (exact) mass is 400 g/mol. The lowest BCUT2D eigenvalue weighted by Crippen LogP contribution is -2.34. The number of nitrogens with one attached hydrogen (secondary N) is 2. The van der Waals surface area contributed by atoms with Crippen LogP contribution in [0.5, 0.6) is 0 Å². The van der Waals surface area contributed by atoms with Crippen LogP contribution in [0.15, 0.2) is 72.6 Å². The fourth-order valence-electron chi connectivity index (χ4n) is 2.42. The van der Waals surface area contributed by atoms with Crippen molar-refractivity contribution in [2.45, 2.75) is 32.0 Å². The number of hydrogen-bond acceptors (Lipinski definition) is 6. The molecule has 156 valence electrons. The Balaban J connectivity index is 2.34. The summed E-state index contributed by atoms with van der Waals surface area (Å²) in [6, 6.07) is 0. The number of allylic oxidation sites excluding steroid dienone is 4. The fraction of sp³-hybridized carbons (Fsp3) is 0.368. The van der Waals surface area contributed by atoms with Crippen LogP contribution >= 0.6 is 0 Å². The number of hydrazine groups is 2.